The molecule has 3 heteroatoms. The van der Waals surface area contributed by atoms with E-state index in [9.17, 15) is 0 Å². The largest absolute Gasteiger partial charge is 0.494 e. The number of nitrogens with zero attached hydrogens (tertiary/aromatic N) is 1. The summed E-state index contributed by atoms with van der Waals surface area (Å²) < 4.78 is 5.75. The van der Waals surface area contributed by atoms with Gasteiger partial charge in [0.1, 0.15) is 5.75 Å². The minimum absolute atomic E-state index is 0.0598. The molecule has 0 saturated carbocycles. The first-order chi connectivity index (χ1) is 9.47. The first-order valence-corrected chi connectivity index (χ1v) is 7.71. The Labute approximate surface area is 124 Å². The molecule has 0 aliphatic heterocycles. The van der Waals surface area contributed by atoms with Gasteiger partial charge in [0.2, 0.25) is 0 Å². The maximum absolute atomic E-state index is 6.00. The monoisotopic (exact) mass is 278 g/mol. The van der Waals surface area contributed by atoms with Crippen LogP contribution in [-0.2, 0) is 6.54 Å². The molecule has 0 spiro atoms. The molecule has 0 amide bonds. The van der Waals surface area contributed by atoms with Crippen LogP contribution in [0, 0.1) is 5.92 Å². The van der Waals surface area contributed by atoms with Crippen molar-refractivity contribution in [1.82, 2.24) is 4.90 Å². The van der Waals surface area contributed by atoms with Gasteiger partial charge in [-0.3, -0.25) is 4.90 Å². The van der Waals surface area contributed by atoms with Crippen LogP contribution < -0.4 is 10.5 Å². The van der Waals surface area contributed by atoms with Crippen molar-refractivity contribution in [2.24, 2.45) is 11.7 Å². The molecule has 1 rings (SSSR count). The summed E-state index contributed by atoms with van der Waals surface area (Å²) in [4.78, 5) is 2.45. The van der Waals surface area contributed by atoms with Gasteiger partial charge in [-0.2, -0.15) is 0 Å². The number of nitrogens with two attached hydrogens (primary N) is 1. The average molecular weight is 278 g/mol. The molecule has 0 fully saturated rings. The Hall–Kier alpha value is -1.06. The highest BCUT2D eigenvalue weighted by Crippen LogP contribution is 2.24. The molecule has 0 heterocycles. The Kier molecular flexibility index (Phi) is 7.03. The van der Waals surface area contributed by atoms with Gasteiger partial charge in [0.25, 0.3) is 0 Å². The smallest absolute Gasteiger partial charge is 0.123 e. The minimum atomic E-state index is 0.0598. The first-order valence-electron chi connectivity index (χ1n) is 7.71. The van der Waals surface area contributed by atoms with Gasteiger partial charge in [0, 0.05) is 24.7 Å². The third-order valence-electron chi connectivity index (χ3n) is 3.37. The molecule has 1 atom stereocenters. The number of ether oxygens (including phenoxy) is 1. The molecule has 1 aromatic carbocycles. The van der Waals surface area contributed by atoms with E-state index in [-0.39, 0.29) is 6.04 Å². The normalized spacial score (nSPS) is 13.0. The second-order valence-electron chi connectivity index (χ2n) is 5.81. The molecule has 1 unspecified atom stereocenters. The predicted octanol–water partition coefficient (Wildman–Crippen LogP) is 3.58. The Morgan fingerprint density at radius 3 is 2.40 bits per heavy atom. The van der Waals surface area contributed by atoms with E-state index in [4.69, 9.17) is 10.5 Å². The van der Waals surface area contributed by atoms with E-state index in [0.29, 0.717) is 12.5 Å². The molecule has 0 radical (unpaired) electrons. The van der Waals surface area contributed by atoms with E-state index in [2.05, 4.69) is 43.9 Å². The van der Waals surface area contributed by atoms with Gasteiger partial charge >= 0.3 is 0 Å². The topological polar surface area (TPSA) is 38.5 Å². The first kappa shape index (κ1) is 17.0. The quantitative estimate of drug-likeness (QED) is 0.790. The van der Waals surface area contributed by atoms with Crippen molar-refractivity contribution >= 4 is 0 Å². The Morgan fingerprint density at radius 2 is 1.90 bits per heavy atom. The van der Waals surface area contributed by atoms with Crippen LogP contribution in [0.4, 0.5) is 0 Å². The highest BCUT2D eigenvalue weighted by molar-refractivity contribution is 5.38. The zero-order valence-corrected chi connectivity index (χ0v) is 13.6. The van der Waals surface area contributed by atoms with Crippen molar-refractivity contribution < 1.29 is 4.74 Å². The minimum Gasteiger partial charge on any atom is -0.494 e. The molecular weight excluding hydrogens is 248 g/mol. The summed E-state index contributed by atoms with van der Waals surface area (Å²) in [5, 5.41) is 0. The van der Waals surface area contributed by atoms with Crippen molar-refractivity contribution in [3.05, 3.63) is 29.3 Å². The van der Waals surface area contributed by atoms with Crippen molar-refractivity contribution in [3.63, 3.8) is 0 Å². The molecule has 114 valence electrons. The Morgan fingerprint density at radius 1 is 1.20 bits per heavy atom. The Balaban J connectivity index is 2.95. The van der Waals surface area contributed by atoms with Crippen molar-refractivity contribution in [1.29, 1.82) is 0 Å². The van der Waals surface area contributed by atoms with Crippen molar-refractivity contribution in [2.45, 2.75) is 47.2 Å². The van der Waals surface area contributed by atoms with Gasteiger partial charge in [0.05, 0.1) is 6.61 Å². The van der Waals surface area contributed by atoms with Crippen LogP contribution >= 0.6 is 0 Å². The van der Waals surface area contributed by atoms with Crippen LogP contribution in [0.5, 0.6) is 5.75 Å². The summed E-state index contributed by atoms with van der Waals surface area (Å²) in [5.74, 6) is 1.65. The molecule has 3 nitrogen and oxygen atoms in total. The number of hydrogen-bond acceptors (Lipinski definition) is 3. The molecule has 2 N–H and O–H groups in total. The van der Waals surface area contributed by atoms with Crippen LogP contribution in [0.1, 0.15) is 51.8 Å². The average Bonchev–Trinajstić information content (AvgIpc) is 2.39. The van der Waals surface area contributed by atoms with Gasteiger partial charge in [-0.25, -0.2) is 0 Å². The molecular formula is C17H30N2O. The predicted molar refractivity (Wildman–Crippen MR) is 86.0 cm³/mol. The zero-order chi connectivity index (χ0) is 15.1. The summed E-state index contributed by atoms with van der Waals surface area (Å²) in [6, 6.07) is 6.38. The van der Waals surface area contributed by atoms with E-state index in [0.717, 1.165) is 25.4 Å². The summed E-state index contributed by atoms with van der Waals surface area (Å²) in [5.41, 5.74) is 8.41. The molecule has 0 aromatic heterocycles. The lowest BCUT2D eigenvalue weighted by Gasteiger charge is -2.24. The van der Waals surface area contributed by atoms with Crippen LogP contribution in [0.15, 0.2) is 18.2 Å². The van der Waals surface area contributed by atoms with E-state index >= 15 is 0 Å². The molecule has 0 saturated heterocycles. The van der Waals surface area contributed by atoms with E-state index in [1.54, 1.807) is 0 Å². The highest BCUT2D eigenvalue weighted by Gasteiger charge is 2.12. The van der Waals surface area contributed by atoms with E-state index < -0.39 is 0 Å². The molecule has 20 heavy (non-hydrogen) atoms. The summed E-state index contributed by atoms with van der Waals surface area (Å²) in [6.07, 6.45) is 0. The van der Waals surface area contributed by atoms with Crippen LogP contribution in [-0.4, -0.2) is 24.6 Å². The zero-order valence-electron chi connectivity index (χ0n) is 13.6. The SMILES string of the molecule is CCOc1ccc(C(C)N)cc1CN(CC)CC(C)C. The van der Waals surface area contributed by atoms with Crippen molar-refractivity contribution in [2.75, 3.05) is 19.7 Å². The maximum Gasteiger partial charge on any atom is 0.123 e. The summed E-state index contributed by atoms with van der Waals surface area (Å²) in [7, 11) is 0. The molecule has 0 bridgehead atoms. The van der Waals surface area contributed by atoms with Gasteiger partial charge in [-0.15, -0.1) is 0 Å². The van der Waals surface area contributed by atoms with E-state index in [1.165, 1.54) is 11.1 Å². The van der Waals surface area contributed by atoms with Gasteiger partial charge in [-0.05, 0) is 44.0 Å². The van der Waals surface area contributed by atoms with Gasteiger partial charge in [-0.1, -0.05) is 26.8 Å². The fourth-order valence-corrected chi connectivity index (χ4v) is 2.37. The number of hydrogen-bond donors (Lipinski definition) is 1. The summed E-state index contributed by atoms with van der Waals surface area (Å²) in [6.45, 7) is 14.5. The lowest BCUT2D eigenvalue weighted by molar-refractivity contribution is 0.242. The number of benzene rings is 1. The summed E-state index contributed by atoms with van der Waals surface area (Å²) >= 11 is 0. The molecule has 0 aliphatic rings. The van der Waals surface area contributed by atoms with Crippen molar-refractivity contribution in [3.8, 4) is 5.75 Å². The lowest BCUT2D eigenvalue weighted by atomic mass is 10.0. The van der Waals surface area contributed by atoms with E-state index in [1.807, 2.05) is 13.8 Å². The second kappa shape index (κ2) is 8.28. The standard InChI is InChI=1S/C17H30N2O/c1-6-19(11-13(3)4)12-16-10-15(14(5)18)8-9-17(16)20-7-2/h8-10,13-14H,6-7,11-12,18H2,1-5H3. The van der Waals surface area contributed by atoms with Crippen LogP contribution in [0.25, 0.3) is 0 Å². The third kappa shape index (κ3) is 5.14. The van der Waals surface area contributed by atoms with Gasteiger partial charge in [0.15, 0.2) is 0 Å². The van der Waals surface area contributed by atoms with Crippen LogP contribution in [0.3, 0.4) is 0 Å². The van der Waals surface area contributed by atoms with Gasteiger partial charge < -0.3 is 10.5 Å². The second-order valence-corrected chi connectivity index (χ2v) is 5.81. The Bertz CT molecular complexity index is 402. The number of rotatable bonds is 8. The third-order valence-corrected chi connectivity index (χ3v) is 3.37. The highest BCUT2D eigenvalue weighted by atomic mass is 16.5. The molecule has 1 aromatic rings. The fourth-order valence-electron chi connectivity index (χ4n) is 2.37. The molecule has 0 aliphatic carbocycles. The van der Waals surface area contributed by atoms with Crippen LogP contribution in [0.2, 0.25) is 0 Å². The maximum atomic E-state index is 6.00. The lowest BCUT2D eigenvalue weighted by Crippen LogP contribution is -2.27. The fraction of sp³-hybridized carbons (Fsp3) is 0.647.